The van der Waals surface area contributed by atoms with Gasteiger partial charge >= 0.3 is 0 Å². The fourth-order valence-electron chi connectivity index (χ4n) is 2.15. The summed E-state index contributed by atoms with van der Waals surface area (Å²) in [5.74, 6) is 0.738. The summed E-state index contributed by atoms with van der Waals surface area (Å²) in [6, 6.07) is 17.0. The van der Waals surface area contributed by atoms with Crippen molar-refractivity contribution in [3.8, 4) is 5.75 Å². The summed E-state index contributed by atoms with van der Waals surface area (Å²) in [4.78, 5) is 12.1. The van der Waals surface area contributed by atoms with Crippen LogP contribution in [-0.2, 0) is 4.79 Å². The molecule has 2 aromatic rings. The van der Waals surface area contributed by atoms with Crippen LogP contribution in [0.2, 0.25) is 0 Å². The van der Waals surface area contributed by atoms with Crippen LogP contribution in [0.15, 0.2) is 59.7 Å². The second kappa shape index (κ2) is 5.17. The van der Waals surface area contributed by atoms with E-state index in [1.165, 1.54) is 5.01 Å². The largest absolute Gasteiger partial charge is 0.497 e. The van der Waals surface area contributed by atoms with Crippen molar-refractivity contribution in [2.45, 2.75) is 6.42 Å². The maximum Gasteiger partial charge on any atom is 0.253 e. The monoisotopic (exact) mass is 266 g/mol. The van der Waals surface area contributed by atoms with Gasteiger partial charge in [-0.15, -0.1) is 0 Å². The van der Waals surface area contributed by atoms with Crippen LogP contribution in [0.25, 0.3) is 0 Å². The summed E-state index contributed by atoms with van der Waals surface area (Å²) in [7, 11) is 1.61. The van der Waals surface area contributed by atoms with Gasteiger partial charge in [0.1, 0.15) is 5.75 Å². The van der Waals surface area contributed by atoms with Crippen molar-refractivity contribution in [3.63, 3.8) is 0 Å². The maximum atomic E-state index is 12.1. The lowest BCUT2D eigenvalue weighted by atomic mass is 10.1. The van der Waals surface area contributed by atoms with Crippen LogP contribution in [-0.4, -0.2) is 18.7 Å². The van der Waals surface area contributed by atoms with Crippen molar-refractivity contribution in [1.29, 1.82) is 0 Å². The first-order valence-corrected chi connectivity index (χ1v) is 6.38. The Morgan fingerprint density at radius 2 is 1.75 bits per heavy atom. The van der Waals surface area contributed by atoms with E-state index in [1.807, 2.05) is 54.6 Å². The van der Waals surface area contributed by atoms with Gasteiger partial charge in [-0.3, -0.25) is 4.79 Å². The van der Waals surface area contributed by atoms with Gasteiger partial charge in [0.25, 0.3) is 5.91 Å². The van der Waals surface area contributed by atoms with Crippen molar-refractivity contribution < 1.29 is 9.53 Å². The highest BCUT2D eigenvalue weighted by Gasteiger charge is 2.25. The number of rotatable bonds is 3. The molecule has 0 aliphatic carbocycles. The van der Waals surface area contributed by atoms with Crippen LogP contribution in [0.5, 0.6) is 5.75 Å². The molecule has 0 saturated heterocycles. The van der Waals surface area contributed by atoms with Gasteiger partial charge in [0.2, 0.25) is 0 Å². The van der Waals surface area contributed by atoms with Crippen LogP contribution in [0.1, 0.15) is 12.0 Å². The second-order valence-electron chi connectivity index (χ2n) is 4.49. The molecule has 0 saturated carbocycles. The molecule has 0 bridgehead atoms. The third kappa shape index (κ3) is 2.28. The lowest BCUT2D eigenvalue weighted by Crippen LogP contribution is -2.19. The molecule has 0 N–H and O–H groups in total. The number of ether oxygens (including phenoxy) is 1. The second-order valence-corrected chi connectivity index (χ2v) is 4.49. The van der Waals surface area contributed by atoms with Gasteiger partial charge in [0, 0.05) is 0 Å². The predicted molar refractivity (Wildman–Crippen MR) is 78.1 cm³/mol. The predicted octanol–water partition coefficient (Wildman–Crippen LogP) is 2.84. The number of hydrazone groups is 1. The normalized spacial score (nSPS) is 14.3. The molecule has 0 unspecified atom stereocenters. The topological polar surface area (TPSA) is 41.9 Å². The van der Waals surface area contributed by atoms with E-state index >= 15 is 0 Å². The molecule has 0 fully saturated rings. The highest BCUT2D eigenvalue weighted by Crippen LogP contribution is 2.24. The van der Waals surface area contributed by atoms with Gasteiger partial charge in [-0.2, -0.15) is 5.10 Å². The minimum atomic E-state index is -0.0194. The van der Waals surface area contributed by atoms with E-state index in [0.29, 0.717) is 6.42 Å². The van der Waals surface area contributed by atoms with Gasteiger partial charge in [-0.25, -0.2) is 5.01 Å². The van der Waals surface area contributed by atoms with E-state index in [4.69, 9.17) is 4.74 Å². The summed E-state index contributed by atoms with van der Waals surface area (Å²) >= 11 is 0. The Balaban J connectivity index is 1.90. The van der Waals surface area contributed by atoms with Crippen molar-refractivity contribution >= 4 is 17.3 Å². The average Bonchev–Trinajstić information content (AvgIpc) is 2.90. The average molecular weight is 266 g/mol. The molecule has 1 amide bonds. The number of methoxy groups -OCH3 is 1. The van der Waals surface area contributed by atoms with E-state index in [-0.39, 0.29) is 5.91 Å². The number of hydrogen-bond acceptors (Lipinski definition) is 3. The van der Waals surface area contributed by atoms with E-state index in [1.54, 1.807) is 7.11 Å². The van der Waals surface area contributed by atoms with Crippen LogP contribution < -0.4 is 9.75 Å². The molecule has 20 heavy (non-hydrogen) atoms. The highest BCUT2D eigenvalue weighted by molar-refractivity contribution is 6.19. The number of anilines is 1. The third-order valence-electron chi connectivity index (χ3n) is 3.20. The zero-order chi connectivity index (χ0) is 13.9. The highest BCUT2D eigenvalue weighted by atomic mass is 16.5. The first kappa shape index (κ1) is 12.4. The van der Waals surface area contributed by atoms with Gasteiger partial charge in [0.15, 0.2) is 0 Å². The first-order chi connectivity index (χ1) is 9.78. The zero-order valence-electron chi connectivity index (χ0n) is 11.1. The first-order valence-electron chi connectivity index (χ1n) is 6.38. The molecule has 0 atom stereocenters. The fraction of sp³-hybridized carbons (Fsp3) is 0.125. The molecule has 2 aromatic carbocycles. The van der Waals surface area contributed by atoms with Crippen LogP contribution in [0.4, 0.5) is 5.69 Å². The van der Waals surface area contributed by atoms with Crippen molar-refractivity contribution in [1.82, 2.24) is 0 Å². The minimum absolute atomic E-state index is 0.0194. The molecular weight excluding hydrogens is 252 g/mol. The number of carbonyl (C=O) groups excluding carboxylic acids is 1. The molecule has 4 nitrogen and oxygen atoms in total. The number of amides is 1. The minimum Gasteiger partial charge on any atom is -0.497 e. The molecule has 0 radical (unpaired) electrons. The summed E-state index contributed by atoms with van der Waals surface area (Å²) in [5, 5.41) is 5.87. The van der Waals surface area contributed by atoms with Crippen LogP contribution in [0.3, 0.4) is 0 Å². The quantitative estimate of drug-likeness (QED) is 0.857. The Kier molecular flexibility index (Phi) is 3.21. The van der Waals surface area contributed by atoms with E-state index in [2.05, 4.69) is 5.10 Å². The van der Waals surface area contributed by atoms with Gasteiger partial charge < -0.3 is 4.74 Å². The van der Waals surface area contributed by atoms with Crippen LogP contribution >= 0.6 is 0 Å². The van der Waals surface area contributed by atoms with E-state index in [0.717, 1.165) is 22.7 Å². The Labute approximate surface area is 117 Å². The van der Waals surface area contributed by atoms with E-state index < -0.39 is 0 Å². The SMILES string of the molecule is COc1ccc(N2N=C(c3ccccc3)CC2=O)cc1. The Hall–Kier alpha value is -2.62. The Morgan fingerprint density at radius 1 is 1.05 bits per heavy atom. The molecule has 1 aliphatic rings. The van der Waals surface area contributed by atoms with Crippen LogP contribution in [0, 0.1) is 0 Å². The van der Waals surface area contributed by atoms with Gasteiger partial charge in [-0.05, 0) is 29.8 Å². The fourth-order valence-corrected chi connectivity index (χ4v) is 2.15. The number of benzene rings is 2. The maximum absolute atomic E-state index is 12.1. The van der Waals surface area contributed by atoms with Gasteiger partial charge in [-0.1, -0.05) is 30.3 Å². The lowest BCUT2D eigenvalue weighted by Gasteiger charge is -2.11. The Morgan fingerprint density at radius 3 is 2.40 bits per heavy atom. The molecule has 1 aliphatic heterocycles. The molecule has 1 heterocycles. The number of nitrogens with zero attached hydrogens (tertiary/aromatic N) is 2. The number of hydrogen-bond donors (Lipinski definition) is 0. The molecule has 3 rings (SSSR count). The van der Waals surface area contributed by atoms with Crippen molar-refractivity contribution in [3.05, 3.63) is 60.2 Å². The summed E-state index contributed by atoms with van der Waals surface area (Å²) < 4.78 is 5.11. The molecule has 100 valence electrons. The number of carbonyl (C=O) groups is 1. The third-order valence-corrected chi connectivity index (χ3v) is 3.20. The van der Waals surface area contributed by atoms with E-state index in [9.17, 15) is 4.79 Å². The smallest absolute Gasteiger partial charge is 0.253 e. The summed E-state index contributed by atoms with van der Waals surface area (Å²) in [5.41, 5.74) is 2.53. The molecule has 0 aromatic heterocycles. The molecule has 0 spiro atoms. The summed E-state index contributed by atoms with van der Waals surface area (Å²) in [6.45, 7) is 0. The zero-order valence-corrected chi connectivity index (χ0v) is 11.1. The molecular formula is C16H14N2O2. The lowest BCUT2D eigenvalue weighted by molar-refractivity contribution is -0.116. The molecule has 4 heteroatoms. The van der Waals surface area contributed by atoms with Crippen molar-refractivity contribution in [2.24, 2.45) is 5.10 Å². The van der Waals surface area contributed by atoms with Crippen molar-refractivity contribution in [2.75, 3.05) is 12.1 Å². The Bertz CT molecular complexity index is 648. The standard InChI is InChI=1S/C16H14N2O2/c1-20-14-9-7-13(8-10-14)18-16(19)11-15(17-18)12-5-3-2-4-6-12/h2-10H,11H2,1H3. The van der Waals surface area contributed by atoms with Gasteiger partial charge in [0.05, 0.1) is 24.9 Å². The summed E-state index contributed by atoms with van der Waals surface area (Å²) in [6.07, 6.45) is 0.329.